The summed E-state index contributed by atoms with van der Waals surface area (Å²) < 4.78 is 13.2. The molecule has 0 spiro atoms. The fourth-order valence-electron chi connectivity index (χ4n) is 4.77. The summed E-state index contributed by atoms with van der Waals surface area (Å²) in [6.07, 6.45) is 4.22. The van der Waals surface area contributed by atoms with Gasteiger partial charge in [0.15, 0.2) is 0 Å². The molecule has 0 radical (unpaired) electrons. The highest BCUT2D eigenvalue weighted by molar-refractivity contribution is 6.76. The van der Waals surface area contributed by atoms with Gasteiger partial charge < -0.3 is 20.1 Å². The smallest absolute Gasteiger partial charge is 0.408 e. The number of carbonyl (C=O) groups excluding carboxylic acids is 2. The molecule has 2 N–H and O–H groups in total. The summed E-state index contributed by atoms with van der Waals surface area (Å²) in [5, 5.41) is 10.6. The van der Waals surface area contributed by atoms with Gasteiger partial charge in [-0.15, -0.1) is 0 Å². The lowest BCUT2D eigenvalue weighted by atomic mass is 9.89. The highest BCUT2D eigenvalue weighted by Crippen LogP contribution is 2.34. The number of hydrogen-bond acceptors (Lipinski definition) is 5. The van der Waals surface area contributed by atoms with Crippen LogP contribution in [0, 0.1) is 0 Å². The van der Waals surface area contributed by atoms with Gasteiger partial charge in [0.05, 0.1) is 5.69 Å². The van der Waals surface area contributed by atoms with Gasteiger partial charge in [0, 0.05) is 32.1 Å². The lowest BCUT2D eigenvalue weighted by Gasteiger charge is -2.24. The molecule has 0 fully saturated rings. The zero-order valence-electron chi connectivity index (χ0n) is 25.3. The van der Waals surface area contributed by atoms with E-state index in [0.717, 1.165) is 53.4 Å². The van der Waals surface area contributed by atoms with E-state index >= 15 is 0 Å². The first-order valence-electron chi connectivity index (χ1n) is 14.5. The number of amides is 2. The van der Waals surface area contributed by atoms with Crippen LogP contribution >= 0.6 is 0 Å². The van der Waals surface area contributed by atoms with Crippen LogP contribution in [0.25, 0.3) is 11.1 Å². The molecule has 0 unspecified atom stereocenters. The number of ether oxygens (including phenoxy) is 2. The Kier molecular flexibility index (Phi) is 9.71. The third kappa shape index (κ3) is 9.29. The maximum atomic E-state index is 13.4. The minimum Gasteiger partial charge on any atom is -0.444 e. The van der Waals surface area contributed by atoms with Crippen molar-refractivity contribution < 1.29 is 19.1 Å². The topological polar surface area (TPSA) is 94.5 Å². The van der Waals surface area contributed by atoms with E-state index in [4.69, 9.17) is 14.6 Å². The lowest BCUT2D eigenvalue weighted by Crippen LogP contribution is -2.46. The Morgan fingerprint density at radius 2 is 1.80 bits per heavy atom. The number of nitrogens with zero attached hydrogens (tertiary/aromatic N) is 2. The number of hydrogen-bond donors (Lipinski definition) is 2. The summed E-state index contributed by atoms with van der Waals surface area (Å²) in [7, 11) is -1.13. The number of anilines is 1. The average molecular weight is 577 g/mol. The Morgan fingerprint density at radius 1 is 1.05 bits per heavy atom. The molecule has 220 valence electrons. The van der Waals surface area contributed by atoms with Gasteiger partial charge in [-0.2, -0.15) is 5.10 Å². The second-order valence-electron chi connectivity index (χ2n) is 13.0. The Bertz CT molecular complexity index is 1340. The number of carbonyl (C=O) groups is 2. The summed E-state index contributed by atoms with van der Waals surface area (Å²) in [5.74, 6) is -0.272. The van der Waals surface area contributed by atoms with E-state index < -0.39 is 25.8 Å². The van der Waals surface area contributed by atoms with Crippen LogP contribution in [0.3, 0.4) is 0 Å². The van der Waals surface area contributed by atoms with Gasteiger partial charge in [0.25, 0.3) is 0 Å². The van der Waals surface area contributed by atoms with Crippen LogP contribution in [0.4, 0.5) is 10.5 Å². The highest BCUT2D eigenvalue weighted by Gasteiger charge is 2.26. The second-order valence-corrected chi connectivity index (χ2v) is 18.6. The molecule has 0 saturated heterocycles. The molecule has 41 heavy (non-hydrogen) atoms. The molecule has 1 aliphatic rings. The third-order valence-electron chi connectivity index (χ3n) is 6.92. The monoisotopic (exact) mass is 576 g/mol. The number of alkyl carbamates (subject to hydrolysis) is 1. The number of aromatic nitrogens is 2. The molecule has 9 heteroatoms. The van der Waals surface area contributed by atoms with Crippen molar-refractivity contribution >= 4 is 25.8 Å². The molecule has 4 rings (SSSR count). The minimum atomic E-state index is -1.13. The maximum absolute atomic E-state index is 13.4. The van der Waals surface area contributed by atoms with Crippen LogP contribution < -0.4 is 10.6 Å². The Balaban J connectivity index is 1.42. The van der Waals surface area contributed by atoms with E-state index in [-0.39, 0.29) is 5.91 Å². The molecule has 1 aliphatic carbocycles. The van der Waals surface area contributed by atoms with E-state index in [1.54, 1.807) is 20.8 Å². The number of benzene rings is 2. The van der Waals surface area contributed by atoms with Crippen molar-refractivity contribution in [1.82, 2.24) is 15.1 Å². The van der Waals surface area contributed by atoms with Crippen LogP contribution in [0.1, 0.15) is 44.0 Å². The molecule has 2 aromatic carbocycles. The van der Waals surface area contributed by atoms with E-state index in [1.807, 2.05) is 53.2 Å². The first-order chi connectivity index (χ1) is 19.4. The predicted molar refractivity (Wildman–Crippen MR) is 166 cm³/mol. The van der Waals surface area contributed by atoms with Crippen molar-refractivity contribution in [2.75, 3.05) is 11.9 Å². The van der Waals surface area contributed by atoms with E-state index in [1.165, 1.54) is 0 Å². The van der Waals surface area contributed by atoms with Gasteiger partial charge in [0.1, 0.15) is 18.4 Å². The zero-order chi connectivity index (χ0) is 29.6. The second kappa shape index (κ2) is 13.0. The first kappa shape index (κ1) is 30.5. The standard InChI is InChI=1S/C32H44N4O4Si/c1-32(2,3)40-31(38)34-29(16-12-23-10-8-7-9-11-23)30(37)33-25-14-15-26-24(20-25)13-17-28-27(26)21-36(35-28)22-39-18-19-41(4,5)6/h7-11,14-15,20-21,29H,12-13,16-19,22H2,1-6H3,(H,33,37)(H,34,38)/t29-/m1/s1. The van der Waals surface area contributed by atoms with E-state index in [0.29, 0.717) is 25.3 Å². The van der Waals surface area contributed by atoms with Crippen molar-refractivity contribution in [2.24, 2.45) is 0 Å². The lowest BCUT2D eigenvalue weighted by molar-refractivity contribution is -0.118. The largest absolute Gasteiger partial charge is 0.444 e. The molecule has 1 heterocycles. The van der Waals surface area contributed by atoms with Crippen molar-refractivity contribution in [3.63, 3.8) is 0 Å². The predicted octanol–water partition coefficient (Wildman–Crippen LogP) is 6.43. The fraction of sp³-hybridized carbons (Fsp3) is 0.469. The Hall–Kier alpha value is -3.43. The number of rotatable bonds is 11. The van der Waals surface area contributed by atoms with Gasteiger partial charge in [-0.05, 0) is 81.3 Å². The summed E-state index contributed by atoms with van der Waals surface area (Å²) in [5.41, 5.74) is 5.63. The van der Waals surface area contributed by atoms with Gasteiger partial charge >= 0.3 is 6.09 Å². The van der Waals surface area contributed by atoms with Gasteiger partial charge in [-0.1, -0.05) is 56.0 Å². The van der Waals surface area contributed by atoms with Crippen LogP contribution in [-0.2, 0) is 40.3 Å². The molecule has 0 saturated carbocycles. The Labute approximate surface area is 244 Å². The molecular weight excluding hydrogens is 532 g/mol. The molecule has 1 atom stereocenters. The zero-order valence-corrected chi connectivity index (χ0v) is 26.3. The SMILES string of the molecule is CC(C)(C)OC(=O)N[C@H](CCc1ccccc1)C(=O)Nc1ccc2c(c1)CCc1nn(COCC[Si](C)(C)C)cc1-2. The normalized spacial score (nSPS) is 13.6. The van der Waals surface area contributed by atoms with Crippen LogP contribution in [0.2, 0.25) is 25.7 Å². The Morgan fingerprint density at radius 3 is 2.51 bits per heavy atom. The highest BCUT2D eigenvalue weighted by atomic mass is 28.3. The van der Waals surface area contributed by atoms with Gasteiger partial charge in [0.2, 0.25) is 5.91 Å². The van der Waals surface area contributed by atoms with Crippen molar-refractivity contribution in [2.45, 2.75) is 90.5 Å². The number of nitrogens with one attached hydrogen (secondary N) is 2. The van der Waals surface area contributed by atoms with Gasteiger partial charge in [-0.3, -0.25) is 4.79 Å². The summed E-state index contributed by atoms with van der Waals surface area (Å²) in [6.45, 7) is 13.7. The molecular formula is C32H44N4O4Si. The van der Waals surface area contributed by atoms with Crippen molar-refractivity contribution in [3.05, 3.63) is 71.5 Å². The van der Waals surface area contributed by atoms with E-state index in [2.05, 4.69) is 36.5 Å². The first-order valence-corrected chi connectivity index (χ1v) is 18.2. The summed E-state index contributed by atoms with van der Waals surface area (Å²) in [4.78, 5) is 25.9. The number of fused-ring (bicyclic) bond motifs is 3. The molecule has 0 bridgehead atoms. The van der Waals surface area contributed by atoms with E-state index in [9.17, 15) is 9.59 Å². The number of aryl methyl sites for hydroxylation is 3. The minimum absolute atomic E-state index is 0.272. The quantitative estimate of drug-likeness (QED) is 0.203. The van der Waals surface area contributed by atoms with Gasteiger partial charge in [-0.25, -0.2) is 9.48 Å². The average Bonchev–Trinajstić information content (AvgIpc) is 3.31. The third-order valence-corrected chi connectivity index (χ3v) is 8.63. The van der Waals surface area contributed by atoms with Crippen molar-refractivity contribution in [3.8, 4) is 11.1 Å². The van der Waals surface area contributed by atoms with Crippen LogP contribution in [-0.4, -0.2) is 48.1 Å². The molecule has 1 aromatic heterocycles. The molecule has 2 amide bonds. The molecule has 3 aromatic rings. The maximum Gasteiger partial charge on any atom is 0.408 e. The van der Waals surface area contributed by atoms with Crippen LogP contribution in [0.15, 0.2) is 54.7 Å². The fourth-order valence-corrected chi connectivity index (χ4v) is 5.53. The summed E-state index contributed by atoms with van der Waals surface area (Å²) >= 11 is 0. The van der Waals surface area contributed by atoms with Crippen LogP contribution in [0.5, 0.6) is 0 Å². The molecule has 8 nitrogen and oxygen atoms in total. The molecule has 0 aliphatic heterocycles. The van der Waals surface area contributed by atoms with Crippen molar-refractivity contribution in [1.29, 1.82) is 0 Å². The summed E-state index contributed by atoms with van der Waals surface area (Å²) in [6, 6.07) is 16.3.